The first-order valence-corrected chi connectivity index (χ1v) is 8.46. The van der Waals surface area contributed by atoms with E-state index in [0.29, 0.717) is 36.2 Å². The van der Waals surface area contributed by atoms with Gasteiger partial charge in [-0.05, 0) is 24.3 Å². The number of hydrogen-bond donors (Lipinski definition) is 0. The lowest BCUT2D eigenvalue weighted by Crippen LogP contribution is -2.17. The van der Waals surface area contributed by atoms with Crippen LogP contribution in [0, 0.1) is 0 Å². The molecule has 2 aromatic rings. The molecule has 0 saturated carbocycles. The van der Waals surface area contributed by atoms with E-state index in [1.165, 1.54) is 0 Å². The van der Waals surface area contributed by atoms with Gasteiger partial charge in [0, 0.05) is 10.0 Å². The number of carbonyl (C=O) groups is 1. The van der Waals surface area contributed by atoms with Crippen LogP contribution in [0.15, 0.2) is 40.9 Å². The van der Waals surface area contributed by atoms with E-state index in [1.54, 1.807) is 31.4 Å². The lowest BCUT2D eigenvalue weighted by molar-refractivity contribution is -0.147. The smallest absolute Gasteiger partial charge is 0.344 e. The van der Waals surface area contributed by atoms with Crippen molar-refractivity contribution in [1.29, 1.82) is 0 Å². The highest BCUT2D eigenvalue weighted by Crippen LogP contribution is 2.35. The van der Waals surface area contributed by atoms with Crippen molar-refractivity contribution in [2.75, 3.05) is 26.9 Å². The van der Waals surface area contributed by atoms with Gasteiger partial charge in [-0.25, -0.2) is 4.79 Å². The third-order valence-corrected chi connectivity index (χ3v) is 4.25. The SMILES string of the molecule is COc1ccccc1OCC(=O)OCc1cc2c(cc1Br)OCCO2. The number of hydrogen-bond acceptors (Lipinski definition) is 6. The predicted octanol–water partition coefficient (Wildman–Crippen LogP) is 3.35. The van der Waals surface area contributed by atoms with Crippen molar-refractivity contribution < 1.29 is 28.5 Å². The Kier molecular flexibility index (Phi) is 5.65. The summed E-state index contributed by atoms with van der Waals surface area (Å²) in [6, 6.07) is 10.7. The van der Waals surface area contributed by atoms with Crippen molar-refractivity contribution in [3.63, 3.8) is 0 Å². The molecule has 0 aliphatic carbocycles. The molecule has 2 aromatic carbocycles. The number of esters is 1. The lowest BCUT2D eigenvalue weighted by atomic mass is 10.2. The molecule has 0 bridgehead atoms. The second-order valence-corrected chi connectivity index (χ2v) is 6.04. The lowest BCUT2D eigenvalue weighted by Gasteiger charge is -2.20. The molecule has 0 spiro atoms. The maximum Gasteiger partial charge on any atom is 0.344 e. The van der Waals surface area contributed by atoms with Gasteiger partial charge in [0.05, 0.1) is 7.11 Å². The first kappa shape index (κ1) is 17.4. The molecule has 0 amide bonds. The number of halogens is 1. The van der Waals surface area contributed by atoms with Gasteiger partial charge in [-0.3, -0.25) is 0 Å². The first-order chi connectivity index (χ1) is 12.2. The zero-order chi connectivity index (χ0) is 17.6. The molecule has 6 nitrogen and oxygen atoms in total. The van der Waals surface area contributed by atoms with Crippen molar-refractivity contribution in [2.24, 2.45) is 0 Å². The van der Waals surface area contributed by atoms with Gasteiger partial charge >= 0.3 is 5.97 Å². The average Bonchev–Trinajstić information content (AvgIpc) is 2.64. The Labute approximate surface area is 153 Å². The van der Waals surface area contributed by atoms with Gasteiger partial charge in [0.1, 0.15) is 19.8 Å². The van der Waals surface area contributed by atoms with Crippen molar-refractivity contribution in [3.8, 4) is 23.0 Å². The van der Waals surface area contributed by atoms with E-state index in [0.717, 1.165) is 10.0 Å². The number of rotatable bonds is 6. The number of ether oxygens (including phenoxy) is 5. The Hall–Kier alpha value is -2.41. The summed E-state index contributed by atoms with van der Waals surface area (Å²) in [4.78, 5) is 11.9. The molecule has 0 N–H and O–H groups in total. The van der Waals surface area contributed by atoms with E-state index in [4.69, 9.17) is 23.7 Å². The molecule has 0 radical (unpaired) electrons. The maximum absolute atomic E-state index is 11.9. The highest BCUT2D eigenvalue weighted by Gasteiger charge is 2.16. The third kappa shape index (κ3) is 4.36. The average molecular weight is 409 g/mol. The molecule has 3 rings (SSSR count). The van der Waals surface area contributed by atoms with E-state index in [2.05, 4.69) is 15.9 Å². The van der Waals surface area contributed by atoms with Crippen LogP contribution in [0.3, 0.4) is 0 Å². The van der Waals surface area contributed by atoms with Crippen molar-refractivity contribution in [2.45, 2.75) is 6.61 Å². The molecule has 0 aromatic heterocycles. The van der Waals surface area contributed by atoms with E-state index in [1.807, 2.05) is 12.1 Å². The number of para-hydroxylation sites is 2. The zero-order valence-electron chi connectivity index (χ0n) is 13.6. The minimum absolute atomic E-state index is 0.103. The van der Waals surface area contributed by atoms with Gasteiger partial charge in [0.25, 0.3) is 0 Å². The van der Waals surface area contributed by atoms with Crippen LogP contribution >= 0.6 is 15.9 Å². The van der Waals surface area contributed by atoms with Crippen LogP contribution in [0.25, 0.3) is 0 Å². The Morgan fingerprint density at radius 1 is 1.12 bits per heavy atom. The molecule has 1 heterocycles. The van der Waals surface area contributed by atoms with Crippen molar-refractivity contribution in [1.82, 2.24) is 0 Å². The fourth-order valence-corrected chi connectivity index (χ4v) is 2.73. The Bertz CT molecular complexity index is 761. The fraction of sp³-hybridized carbons (Fsp3) is 0.278. The normalized spacial score (nSPS) is 12.4. The quantitative estimate of drug-likeness (QED) is 0.682. The number of fused-ring (bicyclic) bond motifs is 1. The van der Waals surface area contributed by atoms with Crippen molar-refractivity contribution >= 4 is 21.9 Å². The van der Waals surface area contributed by atoms with E-state index >= 15 is 0 Å². The van der Waals surface area contributed by atoms with E-state index < -0.39 is 5.97 Å². The highest BCUT2D eigenvalue weighted by molar-refractivity contribution is 9.10. The predicted molar refractivity (Wildman–Crippen MR) is 93.4 cm³/mol. The van der Waals surface area contributed by atoms with Gasteiger partial charge in [-0.2, -0.15) is 0 Å². The molecular weight excluding hydrogens is 392 g/mol. The number of methoxy groups -OCH3 is 1. The summed E-state index contributed by atoms with van der Waals surface area (Å²) >= 11 is 3.45. The molecule has 1 aliphatic rings. The molecule has 1 aliphatic heterocycles. The van der Waals surface area contributed by atoms with Gasteiger partial charge < -0.3 is 23.7 Å². The van der Waals surface area contributed by atoms with Gasteiger partial charge in [-0.15, -0.1) is 0 Å². The van der Waals surface area contributed by atoms with Gasteiger partial charge in [-0.1, -0.05) is 28.1 Å². The van der Waals surface area contributed by atoms with Crippen LogP contribution in [-0.2, 0) is 16.1 Å². The van der Waals surface area contributed by atoms with Crippen LogP contribution in [0.1, 0.15) is 5.56 Å². The second-order valence-electron chi connectivity index (χ2n) is 5.19. The number of carbonyl (C=O) groups excluding carboxylic acids is 1. The number of benzene rings is 2. The Balaban J connectivity index is 1.55. The summed E-state index contributed by atoms with van der Waals surface area (Å²) in [5.41, 5.74) is 0.787. The second kappa shape index (κ2) is 8.11. The van der Waals surface area contributed by atoms with Crippen LogP contribution < -0.4 is 18.9 Å². The highest BCUT2D eigenvalue weighted by atomic mass is 79.9. The summed E-state index contributed by atoms with van der Waals surface area (Å²) in [7, 11) is 1.54. The molecular formula is C18H17BrO6. The van der Waals surface area contributed by atoms with E-state index in [-0.39, 0.29) is 13.2 Å². The van der Waals surface area contributed by atoms with Crippen LogP contribution in [0.4, 0.5) is 0 Å². The molecule has 0 atom stereocenters. The Morgan fingerprint density at radius 2 is 1.80 bits per heavy atom. The summed E-state index contributed by atoms with van der Waals surface area (Å²) in [6.07, 6.45) is 0. The maximum atomic E-state index is 11.9. The molecule has 25 heavy (non-hydrogen) atoms. The van der Waals surface area contributed by atoms with Gasteiger partial charge in [0.2, 0.25) is 0 Å². The van der Waals surface area contributed by atoms with Crippen LogP contribution in [-0.4, -0.2) is 32.9 Å². The van der Waals surface area contributed by atoms with Crippen LogP contribution in [0.5, 0.6) is 23.0 Å². The minimum Gasteiger partial charge on any atom is -0.493 e. The summed E-state index contributed by atoms with van der Waals surface area (Å²) in [6.45, 7) is 0.919. The summed E-state index contributed by atoms with van der Waals surface area (Å²) in [5.74, 6) is 1.89. The standard InChI is InChI=1S/C18H17BrO6/c1-21-14-4-2-3-5-15(14)24-11-18(20)25-10-12-8-16-17(9-13(12)19)23-7-6-22-16/h2-5,8-9H,6-7,10-11H2,1H3. The van der Waals surface area contributed by atoms with E-state index in [9.17, 15) is 4.79 Å². The summed E-state index contributed by atoms with van der Waals surface area (Å²) in [5, 5.41) is 0. The third-order valence-electron chi connectivity index (χ3n) is 3.51. The minimum atomic E-state index is -0.479. The zero-order valence-corrected chi connectivity index (χ0v) is 15.2. The van der Waals surface area contributed by atoms with Crippen molar-refractivity contribution in [3.05, 3.63) is 46.4 Å². The molecule has 0 fully saturated rings. The Morgan fingerprint density at radius 3 is 2.52 bits per heavy atom. The molecule has 0 saturated heterocycles. The fourth-order valence-electron chi connectivity index (χ4n) is 2.29. The molecule has 132 valence electrons. The molecule has 7 heteroatoms. The first-order valence-electron chi connectivity index (χ1n) is 7.67. The summed E-state index contributed by atoms with van der Waals surface area (Å²) < 4.78 is 27.7. The van der Waals surface area contributed by atoms with Crippen LogP contribution in [0.2, 0.25) is 0 Å². The topological polar surface area (TPSA) is 63.2 Å². The monoisotopic (exact) mass is 408 g/mol. The largest absolute Gasteiger partial charge is 0.493 e. The van der Waals surface area contributed by atoms with Gasteiger partial charge in [0.15, 0.2) is 29.6 Å². The molecule has 0 unspecified atom stereocenters.